The summed E-state index contributed by atoms with van der Waals surface area (Å²) >= 11 is 0. The van der Waals surface area contributed by atoms with Crippen molar-refractivity contribution in [3.05, 3.63) is 140 Å². The number of hydrogen-bond acceptors (Lipinski definition) is 1. The molecule has 0 saturated carbocycles. The van der Waals surface area contributed by atoms with E-state index in [1.807, 2.05) is 0 Å². The van der Waals surface area contributed by atoms with Gasteiger partial charge in [-0.3, -0.25) is 0 Å². The van der Waals surface area contributed by atoms with Gasteiger partial charge in [-0.2, -0.15) is 0 Å². The zero-order chi connectivity index (χ0) is 26.9. The Morgan fingerprint density at radius 1 is 0.366 bits per heavy atom. The molecule has 5 aromatic rings. The van der Waals surface area contributed by atoms with Crippen LogP contribution in [0, 0.1) is 0 Å². The number of allylic oxidation sites excluding steroid dienone is 4. The average molecular weight is 521 g/mol. The maximum atomic E-state index is 6.36. The molecule has 4 aliphatic carbocycles. The lowest BCUT2D eigenvalue weighted by Crippen LogP contribution is -2.17. The van der Waals surface area contributed by atoms with Crippen LogP contribution < -0.4 is 20.9 Å². The Labute approximate surface area is 237 Å². The zero-order valence-electron chi connectivity index (χ0n) is 22.3. The van der Waals surface area contributed by atoms with Gasteiger partial charge in [0.25, 0.3) is 0 Å². The van der Waals surface area contributed by atoms with Gasteiger partial charge in [0.05, 0.1) is 0 Å². The van der Waals surface area contributed by atoms with Gasteiger partial charge in [-0.1, -0.05) is 121 Å². The summed E-state index contributed by atoms with van der Waals surface area (Å²) in [6.45, 7) is 0. The highest BCUT2D eigenvalue weighted by atomic mass is 16.3. The largest absolute Gasteiger partial charge is 0.456 e. The summed E-state index contributed by atoms with van der Waals surface area (Å²) in [5.41, 5.74) is 12.4. The molecule has 0 fully saturated rings. The molecule has 0 unspecified atom stereocenters. The SMILES string of the molecule is C1=Cc2c3c(c(-c4ccc(-c5ccc(-c6ccc(-c7cc8c(c9c7=CC=C9)C=CC=8)cc6)o5)cc4)cc2=C1)=CC=C3. The van der Waals surface area contributed by atoms with Crippen LogP contribution in [0.4, 0.5) is 0 Å². The van der Waals surface area contributed by atoms with E-state index in [1.165, 1.54) is 65.4 Å². The van der Waals surface area contributed by atoms with Crippen LogP contribution in [-0.4, -0.2) is 0 Å². The lowest BCUT2D eigenvalue weighted by atomic mass is 9.95. The van der Waals surface area contributed by atoms with Gasteiger partial charge >= 0.3 is 0 Å². The van der Waals surface area contributed by atoms with Crippen LogP contribution >= 0.6 is 0 Å². The molecule has 4 aliphatic rings. The topological polar surface area (TPSA) is 13.1 Å². The van der Waals surface area contributed by atoms with Crippen molar-refractivity contribution in [3.63, 3.8) is 0 Å². The molecule has 1 heterocycles. The van der Waals surface area contributed by atoms with E-state index in [-0.39, 0.29) is 0 Å². The molecule has 4 aromatic carbocycles. The van der Waals surface area contributed by atoms with Gasteiger partial charge in [-0.25, -0.2) is 0 Å². The minimum Gasteiger partial charge on any atom is -0.456 e. The van der Waals surface area contributed by atoms with E-state index in [4.69, 9.17) is 4.42 Å². The Morgan fingerprint density at radius 3 is 1.22 bits per heavy atom. The first-order chi connectivity index (χ1) is 20.3. The van der Waals surface area contributed by atoms with Crippen LogP contribution in [0.1, 0.15) is 22.3 Å². The Morgan fingerprint density at radius 2 is 0.756 bits per heavy atom. The molecule has 1 nitrogen and oxygen atoms in total. The zero-order valence-corrected chi connectivity index (χ0v) is 22.3. The molecule has 9 rings (SSSR count). The molecule has 0 spiro atoms. The predicted molar refractivity (Wildman–Crippen MR) is 173 cm³/mol. The summed E-state index contributed by atoms with van der Waals surface area (Å²) in [5.74, 6) is 1.75. The van der Waals surface area contributed by atoms with Crippen molar-refractivity contribution in [2.24, 2.45) is 0 Å². The van der Waals surface area contributed by atoms with Crippen molar-refractivity contribution < 1.29 is 4.42 Å². The highest BCUT2D eigenvalue weighted by molar-refractivity contribution is 5.86. The Bertz CT molecular complexity index is 2150. The Kier molecular flexibility index (Phi) is 4.67. The van der Waals surface area contributed by atoms with Gasteiger partial charge in [0, 0.05) is 11.1 Å². The molecule has 1 aromatic heterocycles. The van der Waals surface area contributed by atoms with Crippen LogP contribution in [0.25, 0.3) is 93.5 Å². The summed E-state index contributed by atoms with van der Waals surface area (Å²) in [5, 5.41) is 5.17. The number of benzene rings is 4. The third-order valence-corrected chi connectivity index (χ3v) is 8.66. The quantitative estimate of drug-likeness (QED) is 0.245. The van der Waals surface area contributed by atoms with Gasteiger partial charge in [0.1, 0.15) is 11.5 Å². The van der Waals surface area contributed by atoms with Crippen molar-refractivity contribution in [1.29, 1.82) is 0 Å². The number of rotatable bonds is 4. The van der Waals surface area contributed by atoms with E-state index in [9.17, 15) is 0 Å². The summed E-state index contributed by atoms with van der Waals surface area (Å²) in [7, 11) is 0. The fourth-order valence-electron chi connectivity index (χ4n) is 6.61. The second-order valence-corrected chi connectivity index (χ2v) is 10.9. The van der Waals surface area contributed by atoms with Crippen molar-refractivity contribution in [1.82, 2.24) is 0 Å². The van der Waals surface area contributed by atoms with E-state index in [0.717, 1.165) is 22.6 Å². The van der Waals surface area contributed by atoms with Crippen LogP contribution in [-0.2, 0) is 0 Å². The van der Waals surface area contributed by atoms with Gasteiger partial charge in [0.15, 0.2) is 0 Å². The second-order valence-electron chi connectivity index (χ2n) is 10.9. The minimum atomic E-state index is 0.876. The van der Waals surface area contributed by atoms with Crippen molar-refractivity contribution in [2.45, 2.75) is 0 Å². The first-order valence-electron chi connectivity index (χ1n) is 14.1. The molecular weight excluding hydrogens is 496 g/mol. The molecule has 0 bridgehead atoms. The Balaban J connectivity index is 1.01. The number of hydrogen-bond donors (Lipinski definition) is 0. The standard InChI is InChI=1S/C40H24O/c1-5-29-23-37(35-11-3-9-33(35)31(29)7-1)25-13-17-27(18-14-25)39-21-22-40(41-39)28-19-15-26(16-20-28)38-24-30-6-2-8-32(30)34-10-4-12-36(34)38/h1-24H. The monoisotopic (exact) mass is 520 g/mol. The fraction of sp³-hybridized carbons (Fsp3) is 0. The highest BCUT2D eigenvalue weighted by Crippen LogP contribution is 2.31. The maximum absolute atomic E-state index is 6.36. The van der Waals surface area contributed by atoms with Gasteiger partial charge in [-0.05, 0) is 89.6 Å². The van der Waals surface area contributed by atoms with Gasteiger partial charge in [-0.15, -0.1) is 0 Å². The van der Waals surface area contributed by atoms with E-state index in [1.54, 1.807) is 0 Å². The van der Waals surface area contributed by atoms with Gasteiger partial charge < -0.3 is 4.42 Å². The van der Waals surface area contributed by atoms with Crippen molar-refractivity contribution in [3.8, 4) is 44.9 Å². The van der Waals surface area contributed by atoms with E-state index < -0.39 is 0 Å². The fourth-order valence-corrected chi connectivity index (χ4v) is 6.61. The molecule has 41 heavy (non-hydrogen) atoms. The molecule has 0 atom stereocenters. The second kappa shape index (κ2) is 8.55. The smallest absolute Gasteiger partial charge is 0.134 e. The third-order valence-electron chi connectivity index (χ3n) is 8.66. The lowest BCUT2D eigenvalue weighted by Gasteiger charge is -2.09. The third kappa shape index (κ3) is 3.43. The summed E-state index contributed by atoms with van der Waals surface area (Å²) in [4.78, 5) is 0. The minimum absolute atomic E-state index is 0.876. The number of furan rings is 1. The molecule has 0 aliphatic heterocycles. The van der Waals surface area contributed by atoms with E-state index in [2.05, 4.69) is 146 Å². The van der Waals surface area contributed by atoms with Crippen molar-refractivity contribution >= 4 is 48.6 Å². The molecule has 0 radical (unpaired) electrons. The maximum Gasteiger partial charge on any atom is 0.134 e. The molecule has 190 valence electrons. The lowest BCUT2D eigenvalue weighted by molar-refractivity contribution is 0.597. The first kappa shape index (κ1) is 22.4. The summed E-state index contributed by atoms with van der Waals surface area (Å²) in [6, 6.07) is 26.2. The summed E-state index contributed by atoms with van der Waals surface area (Å²) in [6.07, 6.45) is 26.2. The van der Waals surface area contributed by atoms with E-state index in [0.29, 0.717) is 0 Å². The van der Waals surface area contributed by atoms with Gasteiger partial charge in [0.2, 0.25) is 0 Å². The van der Waals surface area contributed by atoms with Crippen LogP contribution in [0.15, 0.2) is 102 Å². The highest BCUT2D eigenvalue weighted by Gasteiger charge is 2.15. The molecular formula is C40H24O. The molecule has 0 N–H and O–H groups in total. The molecule has 1 heteroatoms. The van der Waals surface area contributed by atoms with Crippen LogP contribution in [0.3, 0.4) is 0 Å². The Hall–Kier alpha value is -5.40. The van der Waals surface area contributed by atoms with Crippen LogP contribution in [0.5, 0.6) is 0 Å². The van der Waals surface area contributed by atoms with Crippen LogP contribution in [0.2, 0.25) is 0 Å². The average Bonchev–Trinajstić information content (AvgIpc) is 3.85. The number of fused-ring (bicyclic) bond motifs is 6. The molecule has 0 amide bonds. The van der Waals surface area contributed by atoms with E-state index >= 15 is 0 Å². The van der Waals surface area contributed by atoms with Crippen molar-refractivity contribution in [2.75, 3.05) is 0 Å². The summed E-state index contributed by atoms with van der Waals surface area (Å²) < 4.78 is 6.36. The predicted octanol–water partition coefficient (Wildman–Crippen LogP) is 7.18. The molecule has 0 saturated heterocycles. The normalized spacial score (nSPS) is 14.2. The first-order valence-corrected chi connectivity index (χ1v) is 14.1.